The van der Waals surface area contributed by atoms with Gasteiger partial charge in [0.2, 0.25) is 0 Å². The van der Waals surface area contributed by atoms with Crippen LogP contribution in [0.4, 0.5) is 5.69 Å². The fourth-order valence-corrected chi connectivity index (χ4v) is 2.40. The summed E-state index contributed by atoms with van der Waals surface area (Å²) in [6.07, 6.45) is 1.67. The molecule has 0 aliphatic rings. The molecule has 0 aliphatic heterocycles. The molecule has 1 aromatic heterocycles. The molecule has 0 saturated carbocycles. The number of aromatic nitrogens is 2. The predicted molar refractivity (Wildman–Crippen MR) is 98.4 cm³/mol. The van der Waals surface area contributed by atoms with Gasteiger partial charge in [0.15, 0.2) is 12.4 Å². The predicted octanol–water partition coefficient (Wildman–Crippen LogP) is 4.79. The van der Waals surface area contributed by atoms with E-state index >= 15 is 0 Å². The van der Waals surface area contributed by atoms with E-state index in [2.05, 4.69) is 10.4 Å². The fraction of sp³-hybridized carbons (Fsp3) is 0.111. The number of halogens is 2. The number of hydrogen-bond acceptors (Lipinski definition) is 3. The zero-order chi connectivity index (χ0) is 17.8. The Morgan fingerprint density at radius 1 is 1.16 bits per heavy atom. The summed E-state index contributed by atoms with van der Waals surface area (Å²) in [6.45, 7) is 2.08. The van der Waals surface area contributed by atoms with Gasteiger partial charge in [-0.05, 0) is 55.0 Å². The number of ether oxygens (including phenoxy) is 1. The molecule has 0 aliphatic carbocycles. The largest absolute Gasteiger partial charge is 0.471 e. The first-order chi connectivity index (χ1) is 12.0. The fourth-order valence-electron chi connectivity index (χ4n) is 2.09. The molecular formula is C18H15Cl2N3O2. The first-order valence-electron chi connectivity index (χ1n) is 7.50. The van der Waals surface area contributed by atoms with Crippen molar-refractivity contribution in [2.24, 2.45) is 0 Å². The van der Waals surface area contributed by atoms with E-state index in [-0.39, 0.29) is 18.3 Å². The minimum atomic E-state index is -0.315. The van der Waals surface area contributed by atoms with E-state index in [0.717, 1.165) is 5.56 Å². The van der Waals surface area contributed by atoms with Crippen LogP contribution in [0.25, 0.3) is 0 Å². The van der Waals surface area contributed by atoms with E-state index in [4.69, 9.17) is 27.9 Å². The van der Waals surface area contributed by atoms with Crippen molar-refractivity contribution < 1.29 is 9.53 Å². The summed E-state index contributed by atoms with van der Waals surface area (Å²) in [5, 5.41) is 8.20. The van der Waals surface area contributed by atoms with Crippen molar-refractivity contribution in [1.82, 2.24) is 9.78 Å². The third kappa shape index (κ3) is 4.53. The molecule has 25 heavy (non-hydrogen) atoms. The van der Waals surface area contributed by atoms with Gasteiger partial charge >= 0.3 is 0 Å². The Bertz CT molecular complexity index is 892. The molecule has 1 N–H and O–H groups in total. The molecule has 1 amide bonds. The summed E-state index contributed by atoms with van der Waals surface area (Å²) < 4.78 is 7.11. The van der Waals surface area contributed by atoms with Crippen molar-refractivity contribution in [2.45, 2.75) is 13.7 Å². The Morgan fingerprint density at radius 3 is 2.64 bits per heavy atom. The molecule has 3 aromatic rings. The lowest BCUT2D eigenvalue weighted by Gasteiger charge is -2.06. The number of nitrogens with one attached hydrogen (secondary N) is 1. The maximum absolute atomic E-state index is 12.2. The number of amides is 1. The van der Waals surface area contributed by atoms with Crippen molar-refractivity contribution in [2.75, 3.05) is 5.32 Å². The summed E-state index contributed by atoms with van der Waals surface area (Å²) >= 11 is 11.9. The summed E-state index contributed by atoms with van der Waals surface area (Å²) in [5.74, 6) is 0.352. The van der Waals surface area contributed by atoms with E-state index in [9.17, 15) is 4.79 Å². The van der Waals surface area contributed by atoms with Crippen LogP contribution in [0.3, 0.4) is 0 Å². The van der Waals surface area contributed by atoms with E-state index in [1.807, 2.05) is 13.0 Å². The van der Waals surface area contributed by atoms with Crippen molar-refractivity contribution in [3.8, 4) is 5.75 Å². The number of carbonyl (C=O) groups is 1. The summed E-state index contributed by atoms with van der Waals surface area (Å²) in [4.78, 5) is 12.2. The molecule has 7 heteroatoms. The third-order valence-corrected chi connectivity index (χ3v) is 4.14. The van der Waals surface area contributed by atoms with Crippen LogP contribution in [0.15, 0.2) is 54.7 Å². The van der Waals surface area contributed by atoms with Gasteiger partial charge in [-0.25, -0.2) is 4.68 Å². The van der Waals surface area contributed by atoms with E-state index < -0.39 is 0 Å². The van der Waals surface area contributed by atoms with E-state index in [1.54, 1.807) is 48.7 Å². The Labute approximate surface area is 155 Å². The Balaban J connectivity index is 1.61. The van der Waals surface area contributed by atoms with Gasteiger partial charge in [0.05, 0.1) is 0 Å². The van der Waals surface area contributed by atoms with Gasteiger partial charge in [-0.15, -0.1) is 0 Å². The highest BCUT2D eigenvalue weighted by Gasteiger charge is 2.10. The van der Waals surface area contributed by atoms with Crippen LogP contribution in [0.5, 0.6) is 5.75 Å². The Morgan fingerprint density at radius 2 is 1.92 bits per heavy atom. The molecule has 0 saturated heterocycles. The molecule has 0 spiro atoms. The number of benzene rings is 2. The molecule has 0 bridgehead atoms. The minimum Gasteiger partial charge on any atom is -0.471 e. The maximum atomic E-state index is 12.2. The quantitative estimate of drug-likeness (QED) is 0.697. The minimum absolute atomic E-state index is 0.186. The summed E-state index contributed by atoms with van der Waals surface area (Å²) in [7, 11) is 0. The van der Waals surface area contributed by atoms with Gasteiger partial charge < -0.3 is 10.1 Å². The number of hydrogen-bond donors (Lipinski definition) is 1. The zero-order valence-corrected chi connectivity index (χ0v) is 14.9. The zero-order valence-electron chi connectivity index (χ0n) is 13.4. The average Bonchev–Trinajstić information content (AvgIpc) is 3.07. The third-order valence-electron chi connectivity index (χ3n) is 3.48. The number of rotatable bonds is 5. The monoisotopic (exact) mass is 375 g/mol. The summed E-state index contributed by atoms with van der Waals surface area (Å²) in [5.41, 5.74) is 1.85. The second-order valence-corrected chi connectivity index (χ2v) is 6.23. The van der Waals surface area contributed by atoms with Crippen LogP contribution in [-0.2, 0) is 6.73 Å². The standard InChI is InChI=1S/C18H15Cl2N3O2/c1-12-2-5-14(10-16(12)20)21-18(24)17-8-9-23(22-17)11-25-15-6-3-13(19)4-7-15/h2-10H,11H2,1H3,(H,21,24). The summed E-state index contributed by atoms with van der Waals surface area (Å²) in [6, 6.07) is 14.0. The highest BCUT2D eigenvalue weighted by atomic mass is 35.5. The normalized spacial score (nSPS) is 10.5. The van der Waals surface area contributed by atoms with Crippen molar-refractivity contribution in [3.05, 3.63) is 76.0 Å². The molecule has 2 aromatic carbocycles. The number of nitrogens with zero attached hydrogens (tertiary/aromatic N) is 2. The Kier molecular flexibility index (Phi) is 5.26. The number of anilines is 1. The van der Waals surface area contributed by atoms with Crippen molar-refractivity contribution in [3.63, 3.8) is 0 Å². The van der Waals surface area contributed by atoms with Gasteiger partial charge in [0.25, 0.3) is 5.91 Å². The molecular weight excluding hydrogens is 361 g/mol. The van der Waals surface area contributed by atoms with Crippen LogP contribution >= 0.6 is 23.2 Å². The second-order valence-electron chi connectivity index (χ2n) is 5.39. The molecule has 0 fully saturated rings. The lowest BCUT2D eigenvalue weighted by molar-refractivity contribution is 0.102. The lowest BCUT2D eigenvalue weighted by atomic mass is 10.2. The number of aryl methyl sites for hydroxylation is 1. The van der Waals surface area contributed by atoms with Crippen LogP contribution in [0.1, 0.15) is 16.1 Å². The Hall–Kier alpha value is -2.50. The molecule has 0 unspecified atom stereocenters. The van der Waals surface area contributed by atoms with Crippen LogP contribution in [0.2, 0.25) is 10.0 Å². The molecule has 1 heterocycles. The molecule has 128 valence electrons. The van der Waals surface area contributed by atoms with Gasteiger partial charge in [-0.2, -0.15) is 5.10 Å². The van der Waals surface area contributed by atoms with E-state index in [1.165, 1.54) is 4.68 Å². The highest BCUT2D eigenvalue weighted by molar-refractivity contribution is 6.31. The molecule has 5 nitrogen and oxygen atoms in total. The molecule has 0 atom stereocenters. The van der Waals surface area contributed by atoms with Gasteiger partial charge in [-0.1, -0.05) is 29.3 Å². The van der Waals surface area contributed by atoms with Gasteiger partial charge in [0.1, 0.15) is 5.75 Å². The van der Waals surface area contributed by atoms with Gasteiger partial charge in [0, 0.05) is 21.9 Å². The first kappa shape index (κ1) is 17.3. The molecule has 3 rings (SSSR count). The van der Waals surface area contributed by atoms with Crippen molar-refractivity contribution in [1.29, 1.82) is 0 Å². The lowest BCUT2D eigenvalue weighted by Crippen LogP contribution is -2.14. The van der Waals surface area contributed by atoms with Crippen LogP contribution in [0, 0.1) is 6.92 Å². The average molecular weight is 376 g/mol. The first-order valence-corrected chi connectivity index (χ1v) is 8.26. The van der Waals surface area contributed by atoms with Crippen molar-refractivity contribution >= 4 is 34.8 Å². The van der Waals surface area contributed by atoms with Gasteiger partial charge in [-0.3, -0.25) is 4.79 Å². The van der Waals surface area contributed by atoms with E-state index in [0.29, 0.717) is 21.5 Å². The SMILES string of the molecule is Cc1ccc(NC(=O)c2ccn(COc3ccc(Cl)cc3)n2)cc1Cl. The number of carbonyl (C=O) groups excluding carboxylic acids is 1. The topological polar surface area (TPSA) is 56.2 Å². The second kappa shape index (κ2) is 7.59. The maximum Gasteiger partial charge on any atom is 0.276 e. The highest BCUT2D eigenvalue weighted by Crippen LogP contribution is 2.20. The van der Waals surface area contributed by atoms with Crippen LogP contribution < -0.4 is 10.1 Å². The van der Waals surface area contributed by atoms with Crippen LogP contribution in [-0.4, -0.2) is 15.7 Å². The smallest absolute Gasteiger partial charge is 0.276 e. The molecule has 0 radical (unpaired) electrons.